The van der Waals surface area contributed by atoms with E-state index in [1.165, 1.54) is 0 Å². The van der Waals surface area contributed by atoms with E-state index in [1.54, 1.807) is 0 Å². The molecule has 4 nitrogen and oxygen atoms in total. The van der Waals surface area contributed by atoms with Crippen LogP contribution in [0.3, 0.4) is 0 Å². The lowest BCUT2D eigenvalue weighted by Gasteiger charge is -2.45. The first-order valence-corrected chi connectivity index (χ1v) is 7.28. The summed E-state index contributed by atoms with van der Waals surface area (Å²) in [5.41, 5.74) is 0.867. The molecule has 0 radical (unpaired) electrons. The normalized spacial score (nSPS) is 26.4. The van der Waals surface area contributed by atoms with Gasteiger partial charge in [0.05, 0.1) is 0 Å². The number of hydrogen-bond acceptors (Lipinski definition) is 3. The molecule has 0 amide bonds. The zero-order chi connectivity index (χ0) is 14.7. The highest BCUT2D eigenvalue weighted by atomic mass is 16.4. The number of nitrogens with zero attached hydrogens (tertiary/aromatic N) is 2. The fourth-order valence-corrected chi connectivity index (χ4v) is 3.15. The first-order valence-electron chi connectivity index (χ1n) is 7.28. The summed E-state index contributed by atoms with van der Waals surface area (Å²) in [5.74, 6) is -0.762. The van der Waals surface area contributed by atoms with Gasteiger partial charge in [-0.25, -0.2) is 0 Å². The van der Waals surface area contributed by atoms with Gasteiger partial charge in [0, 0.05) is 25.2 Å². The van der Waals surface area contributed by atoms with Gasteiger partial charge >= 0.3 is 5.97 Å². The largest absolute Gasteiger partial charge is 0.480 e. The maximum Gasteiger partial charge on any atom is 0.325 e. The van der Waals surface area contributed by atoms with Gasteiger partial charge in [-0.3, -0.25) is 9.69 Å². The van der Waals surface area contributed by atoms with Gasteiger partial charge in [0.2, 0.25) is 0 Å². The Labute approximate surface area is 121 Å². The SMILES string of the molecule is CC[C@@H]1CN(C(C(=O)O)c2ccccc2)C(C)CN1C. The molecular weight excluding hydrogens is 252 g/mol. The molecule has 2 unspecified atom stereocenters. The van der Waals surface area contributed by atoms with Gasteiger partial charge in [0.25, 0.3) is 0 Å². The van der Waals surface area contributed by atoms with E-state index >= 15 is 0 Å². The Bertz CT molecular complexity index is 449. The zero-order valence-electron chi connectivity index (χ0n) is 12.5. The number of hydrogen-bond donors (Lipinski definition) is 1. The molecule has 1 heterocycles. The lowest BCUT2D eigenvalue weighted by atomic mass is 9.98. The Hall–Kier alpha value is -1.39. The lowest BCUT2D eigenvalue weighted by molar-refractivity contribution is -0.146. The highest BCUT2D eigenvalue weighted by molar-refractivity contribution is 5.75. The molecule has 20 heavy (non-hydrogen) atoms. The summed E-state index contributed by atoms with van der Waals surface area (Å²) in [7, 11) is 2.13. The van der Waals surface area contributed by atoms with Crippen molar-refractivity contribution < 1.29 is 9.90 Å². The topological polar surface area (TPSA) is 43.8 Å². The average molecular weight is 276 g/mol. The summed E-state index contributed by atoms with van der Waals surface area (Å²) < 4.78 is 0. The van der Waals surface area contributed by atoms with Gasteiger partial charge in [-0.15, -0.1) is 0 Å². The third kappa shape index (κ3) is 3.02. The molecule has 0 spiro atoms. The van der Waals surface area contributed by atoms with Crippen LogP contribution in [0.2, 0.25) is 0 Å². The van der Waals surface area contributed by atoms with Crippen LogP contribution in [0.1, 0.15) is 31.9 Å². The van der Waals surface area contributed by atoms with Crippen molar-refractivity contribution in [3.05, 3.63) is 35.9 Å². The molecule has 110 valence electrons. The monoisotopic (exact) mass is 276 g/mol. The Balaban J connectivity index is 2.27. The molecule has 1 fully saturated rings. The van der Waals surface area contributed by atoms with Crippen molar-refractivity contribution in [2.45, 2.75) is 38.4 Å². The van der Waals surface area contributed by atoms with Crippen molar-refractivity contribution in [1.82, 2.24) is 9.80 Å². The zero-order valence-corrected chi connectivity index (χ0v) is 12.5. The van der Waals surface area contributed by atoms with Gasteiger partial charge in [-0.2, -0.15) is 0 Å². The highest BCUT2D eigenvalue weighted by Gasteiger charge is 2.36. The minimum atomic E-state index is -0.762. The highest BCUT2D eigenvalue weighted by Crippen LogP contribution is 2.28. The van der Waals surface area contributed by atoms with Crippen LogP contribution in [0.5, 0.6) is 0 Å². The van der Waals surface area contributed by atoms with Gasteiger partial charge in [0.1, 0.15) is 6.04 Å². The van der Waals surface area contributed by atoms with Crippen molar-refractivity contribution in [3.8, 4) is 0 Å². The first kappa shape index (κ1) is 15.0. The minimum absolute atomic E-state index is 0.240. The summed E-state index contributed by atoms with van der Waals surface area (Å²) in [5, 5.41) is 9.67. The summed E-state index contributed by atoms with van der Waals surface area (Å²) >= 11 is 0. The maximum absolute atomic E-state index is 11.8. The van der Waals surface area contributed by atoms with Crippen LogP contribution >= 0.6 is 0 Å². The standard InChI is InChI=1S/C16H24N2O2/c1-4-14-11-18(12(2)10-17(14)3)15(16(19)20)13-8-6-5-7-9-13/h5-9,12,14-15H,4,10-11H2,1-3H3,(H,19,20)/t12?,14-,15?/m1/s1. The van der Waals surface area contributed by atoms with E-state index in [0.29, 0.717) is 6.04 Å². The smallest absolute Gasteiger partial charge is 0.325 e. The van der Waals surface area contributed by atoms with Gasteiger partial charge in [-0.1, -0.05) is 37.3 Å². The number of likely N-dealkylation sites (N-methyl/N-ethyl adjacent to an activating group) is 1. The van der Waals surface area contributed by atoms with Crippen LogP contribution in [-0.4, -0.2) is 53.1 Å². The summed E-state index contributed by atoms with van der Waals surface area (Å²) in [6.45, 7) is 5.99. The van der Waals surface area contributed by atoms with Crippen LogP contribution < -0.4 is 0 Å². The fourth-order valence-electron chi connectivity index (χ4n) is 3.15. The minimum Gasteiger partial charge on any atom is -0.480 e. The summed E-state index contributed by atoms with van der Waals surface area (Å²) in [6.07, 6.45) is 1.04. The van der Waals surface area contributed by atoms with Crippen LogP contribution in [0, 0.1) is 0 Å². The molecule has 0 aromatic heterocycles. The van der Waals surface area contributed by atoms with E-state index in [4.69, 9.17) is 0 Å². The van der Waals surface area contributed by atoms with Crippen LogP contribution in [0.25, 0.3) is 0 Å². The van der Waals surface area contributed by atoms with E-state index in [1.807, 2.05) is 30.3 Å². The molecule has 1 aromatic rings. The molecule has 1 N–H and O–H groups in total. The number of carboxylic acids is 1. The molecule has 3 atom stereocenters. The molecule has 0 aliphatic carbocycles. The second kappa shape index (κ2) is 6.37. The fraction of sp³-hybridized carbons (Fsp3) is 0.562. The first-order chi connectivity index (χ1) is 9.54. The van der Waals surface area contributed by atoms with E-state index < -0.39 is 12.0 Å². The van der Waals surface area contributed by atoms with Gasteiger partial charge in [-0.05, 0) is 26.0 Å². The molecule has 2 rings (SSSR count). The Morgan fingerprint density at radius 1 is 1.35 bits per heavy atom. The van der Waals surface area contributed by atoms with Crippen molar-refractivity contribution in [2.75, 3.05) is 20.1 Å². The molecule has 1 aromatic carbocycles. The molecule has 0 saturated carbocycles. The van der Waals surface area contributed by atoms with Crippen molar-refractivity contribution in [2.24, 2.45) is 0 Å². The third-order valence-electron chi connectivity index (χ3n) is 4.32. The second-order valence-corrected chi connectivity index (χ2v) is 5.70. The maximum atomic E-state index is 11.8. The number of piperazine rings is 1. The van der Waals surface area contributed by atoms with Gasteiger partial charge < -0.3 is 10.0 Å². The Kier molecular flexibility index (Phi) is 4.78. The molecule has 4 heteroatoms. The molecule has 1 saturated heterocycles. The number of carboxylic acid groups (broad SMARTS) is 1. The third-order valence-corrected chi connectivity index (χ3v) is 4.32. The van der Waals surface area contributed by atoms with E-state index in [9.17, 15) is 9.90 Å². The van der Waals surface area contributed by atoms with E-state index in [-0.39, 0.29) is 6.04 Å². The Morgan fingerprint density at radius 3 is 2.55 bits per heavy atom. The molecule has 1 aliphatic rings. The van der Waals surface area contributed by atoms with Crippen LogP contribution in [0.4, 0.5) is 0 Å². The summed E-state index contributed by atoms with van der Waals surface area (Å²) in [6, 6.07) is 9.67. The number of carbonyl (C=O) groups is 1. The van der Waals surface area contributed by atoms with Crippen molar-refractivity contribution in [3.63, 3.8) is 0 Å². The lowest BCUT2D eigenvalue weighted by Crippen LogP contribution is -2.57. The van der Waals surface area contributed by atoms with Crippen molar-refractivity contribution in [1.29, 1.82) is 0 Å². The Morgan fingerprint density at radius 2 is 2.00 bits per heavy atom. The van der Waals surface area contributed by atoms with E-state index in [2.05, 4.69) is 30.7 Å². The van der Waals surface area contributed by atoms with Gasteiger partial charge in [0.15, 0.2) is 0 Å². The quantitative estimate of drug-likeness (QED) is 0.916. The average Bonchev–Trinajstić information content (AvgIpc) is 2.42. The predicted molar refractivity (Wildman–Crippen MR) is 79.7 cm³/mol. The van der Waals surface area contributed by atoms with Crippen LogP contribution in [-0.2, 0) is 4.79 Å². The van der Waals surface area contributed by atoms with Crippen LogP contribution in [0.15, 0.2) is 30.3 Å². The molecule has 1 aliphatic heterocycles. The van der Waals surface area contributed by atoms with Crippen molar-refractivity contribution >= 4 is 5.97 Å². The number of benzene rings is 1. The second-order valence-electron chi connectivity index (χ2n) is 5.70. The predicted octanol–water partition coefficient (Wildman–Crippen LogP) is 2.23. The number of aliphatic carboxylic acids is 1. The summed E-state index contributed by atoms with van der Waals surface area (Å²) in [4.78, 5) is 16.2. The number of rotatable bonds is 4. The molecular formula is C16H24N2O2. The molecule has 0 bridgehead atoms. The van der Waals surface area contributed by atoms with E-state index in [0.717, 1.165) is 25.1 Å².